The Balaban J connectivity index is 0.841. The number of hydrogen-bond donors (Lipinski definition) is 0. The Morgan fingerprint density at radius 3 is 0.833 bits per heavy atom. The predicted octanol–water partition coefficient (Wildman–Crippen LogP) is 16.9. The lowest BCUT2D eigenvalue weighted by Crippen LogP contribution is -1.86. The molecule has 278 valence electrons. The Morgan fingerprint density at radius 1 is 0.150 bits per heavy atom. The normalized spacial score (nSPS) is 11.7. The Labute approximate surface area is 349 Å². The molecule has 0 saturated carbocycles. The van der Waals surface area contributed by atoms with Crippen LogP contribution in [-0.4, -0.2) is 0 Å². The fourth-order valence-corrected chi connectivity index (χ4v) is 9.55. The van der Waals surface area contributed by atoms with Gasteiger partial charge >= 0.3 is 0 Å². The van der Waals surface area contributed by atoms with Gasteiger partial charge in [0.05, 0.1) is 0 Å². The molecule has 0 fully saturated rings. The van der Waals surface area contributed by atoms with Gasteiger partial charge in [0.1, 0.15) is 0 Å². The summed E-state index contributed by atoms with van der Waals surface area (Å²) in [6.07, 6.45) is 0. The van der Waals surface area contributed by atoms with Gasteiger partial charge in [-0.05, 0) is 157 Å². The van der Waals surface area contributed by atoms with Crippen molar-refractivity contribution in [2.24, 2.45) is 0 Å². The molecule has 0 aliphatic heterocycles. The average molecular weight is 759 g/mol. The van der Waals surface area contributed by atoms with Gasteiger partial charge in [-0.15, -0.1) is 0 Å². The van der Waals surface area contributed by atoms with Crippen molar-refractivity contribution < 1.29 is 0 Å². The molecule has 0 nitrogen and oxygen atoms in total. The molecule has 12 aromatic rings. The SMILES string of the molecule is c1cc(-c2ccc3c(ccc4cc(-c5ccc6c(ccc7cc(-c8cccc(-c9cccc%10ccccc9%10)c8)ccc76)c5)ccc43)c2)cc(-c2cccc3ccccc23)c1. The molecular weight excluding hydrogens is 721 g/mol. The molecule has 0 heterocycles. The first kappa shape index (κ1) is 34.3. The first-order valence-electron chi connectivity index (χ1n) is 20.8. The van der Waals surface area contributed by atoms with E-state index in [1.54, 1.807) is 0 Å². The Bertz CT molecular complexity index is 3410. The van der Waals surface area contributed by atoms with Crippen LogP contribution in [0.5, 0.6) is 0 Å². The Morgan fingerprint density at radius 2 is 0.450 bits per heavy atom. The quantitative estimate of drug-likeness (QED) is 0.153. The highest BCUT2D eigenvalue weighted by Gasteiger charge is 2.11. The summed E-state index contributed by atoms with van der Waals surface area (Å²) in [5.74, 6) is 0. The second-order valence-corrected chi connectivity index (χ2v) is 16.1. The maximum atomic E-state index is 2.34. The number of hydrogen-bond acceptors (Lipinski definition) is 0. The van der Waals surface area contributed by atoms with E-state index in [9.17, 15) is 0 Å². The highest BCUT2D eigenvalue weighted by Crippen LogP contribution is 2.38. The molecule has 0 radical (unpaired) electrons. The molecule has 0 saturated heterocycles. The first-order valence-corrected chi connectivity index (χ1v) is 20.8. The number of benzene rings is 12. The smallest absolute Gasteiger partial charge is 0.0105 e. The van der Waals surface area contributed by atoms with Crippen LogP contribution < -0.4 is 0 Å². The minimum absolute atomic E-state index is 1.23. The molecule has 0 N–H and O–H groups in total. The van der Waals surface area contributed by atoms with E-state index in [1.165, 1.54) is 120 Å². The van der Waals surface area contributed by atoms with Crippen LogP contribution in [0.25, 0.3) is 120 Å². The lowest BCUT2D eigenvalue weighted by atomic mass is 9.92. The van der Waals surface area contributed by atoms with Gasteiger partial charge in [-0.1, -0.05) is 194 Å². The van der Waals surface area contributed by atoms with Crippen LogP contribution in [0.15, 0.2) is 231 Å². The summed E-state index contributed by atoms with van der Waals surface area (Å²) in [6, 6.07) is 85.1. The van der Waals surface area contributed by atoms with E-state index in [1.807, 2.05) is 0 Å². The van der Waals surface area contributed by atoms with Gasteiger partial charge < -0.3 is 0 Å². The number of fused-ring (bicyclic) bond motifs is 8. The first-order chi connectivity index (χ1) is 29.7. The van der Waals surface area contributed by atoms with Crippen molar-refractivity contribution in [2.45, 2.75) is 0 Å². The van der Waals surface area contributed by atoms with Gasteiger partial charge in [0.25, 0.3) is 0 Å². The lowest BCUT2D eigenvalue weighted by Gasteiger charge is -2.12. The molecule has 0 unspecified atom stereocenters. The summed E-state index contributed by atoms with van der Waals surface area (Å²) in [5.41, 5.74) is 12.4. The van der Waals surface area contributed by atoms with Crippen LogP contribution in [0.4, 0.5) is 0 Å². The van der Waals surface area contributed by atoms with E-state index < -0.39 is 0 Å². The van der Waals surface area contributed by atoms with Gasteiger partial charge in [-0.25, -0.2) is 0 Å². The second-order valence-electron chi connectivity index (χ2n) is 16.1. The summed E-state index contributed by atoms with van der Waals surface area (Å²) < 4.78 is 0. The molecule has 60 heavy (non-hydrogen) atoms. The molecular formula is C60H38. The predicted molar refractivity (Wildman–Crippen MR) is 259 cm³/mol. The molecule has 0 aliphatic carbocycles. The van der Waals surface area contributed by atoms with Crippen molar-refractivity contribution >= 4 is 64.6 Å². The fraction of sp³-hybridized carbons (Fsp3) is 0. The molecule has 0 aliphatic rings. The summed E-state index contributed by atoms with van der Waals surface area (Å²) in [7, 11) is 0. The molecule has 0 atom stereocenters. The monoisotopic (exact) mass is 758 g/mol. The summed E-state index contributed by atoms with van der Waals surface area (Å²) >= 11 is 0. The van der Waals surface area contributed by atoms with E-state index in [0.29, 0.717) is 0 Å². The maximum Gasteiger partial charge on any atom is -0.0105 e. The third-order valence-corrected chi connectivity index (χ3v) is 12.6. The van der Waals surface area contributed by atoms with Crippen molar-refractivity contribution in [3.8, 4) is 55.6 Å². The third kappa shape index (κ3) is 5.84. The standard InChI is InChI=1S/C60H38/c1-3-17-53-39(9-1)11-7-19-55(53)47-15-5-13-41(33-47)43-25-29-57-49(35-43)21-23-51-37-45(27-31-59(51)57)46-28-32-60-52(38-46)24-22-50-36-44(26-30-58(50)60)42-14-6-16-48(34-42)56-20-8-12-40-10-2-4-18-54(40)56/h1-38H. The average Bonchev–Trinajstić information content (AvgIpc) is 3.33. The largest absolute Gasteiger partial charge is 0.0616 e. The van der Waals surface area contributed by atoms with E-state index in [0.717, 1.165) is 0 Å². The van der Waals surface area contributed by atoms with Crippen molar-refractivity contribution in [2.75, 3.05) is 0 Å². The zero-order valence-corrected chi connectivity index (χ0v) is 32.9. The van der Waals surface area contributed by atoms with E-state index in [2.05, 4.69) is 231 Å². The summed E-state index contributed by atoms with van der Waals surface area (Å²) in [5, 5.41) is 15.2. The van der Waals surface area contributed by atoms with Crippen molar-refractivity contribution in [3.05, 3.63) is 231 Å². The van der Waals surface area contributed by atoms with Gasteiger partial charge in [-0.2, -0.15) is 0 Å². The minimum atomic E-state index is 1.23. The second kappa shape index (κ2) is 13.9. The molecule has 12 rings (SSSR count). The summed E-state index contributed by atoms with van der Waals surface area (Å²) in [4.78, 5) is 0. The zero-order chi connectivity index (χ0) is 39.6. The Hall–Kier alpha value is -7.80. The van der Waals surface area contributed by atoms with Crippen molar-refractivity contribution in [1.82, 2.24) is 0 Å². The zero-order valence-electron chi connectivity index (χ0n) is 32.9. The van der Waals surface area contributed by atoms with Gasteiger partial charge in [0, 0.05) is 0 Å². The summed E-state index contributed by atoms with van der Waals surface area (Å²) in [6.45, 7) is 0. The molecule has 0 amide bonds. The maximum absolute atomic E-state index is 2.34. The van der Waals surface area contributed by atoms with Crippen LogP contribution in [-0.2, 0) is 0 Å². The van der Waals surface area contributed by atoms with Crippen LogP contribution in [0.2, 0.25) is 0 Å². The van der Waals surface area contributed by atoms with Gasteiger partial charge in [0.15, 0.2) is 0 Å². The third-order valence-electron chi connectivity index (χ3n) is 12.6. The molecule has 0 spiro atoms. The highest BCUT2D eigenvalue weighted by molar-refractivity contribution is 6.11. The van der Waals surface area contributed by atoms with Crippen LogP contribution >= 0.6 is 0 Å². The van der Waals surface area contributed by atoms with Gasteiger partial charge in [-0.3, -0.25) is 0 Å². The van der Waals surface area contributed by atoms with Crippen molar-refractivity contribution in [3.63, 3.8) is 0 Å². The van der Waals surface area contributed by atoms with Crippen molar-refractivity contribution in [1.29, 1.82) is 0 Å². The van der Waals surface area contributed by atoms with Crippen LogP contribution in [0.3, 0.4) is 0 Å². The Kier molecular flexibility index (Phi) is 7.96. The van der Waals surface area contributed by atoms with E-state index >= 15 is 0 Å². The van der Waals surface area contributed by atoms with Crippen LogP contribution in [0, 0.1) is 0 Å². The minimum Gasteiger partial charge on any atom is -0.0616 e. The number of rotatable bonds is 5. The van der Waals surface area contributed by atoms with E-state index in [-0.39, 0.29) is 0 Å². The molecule has 0 aromatic heterocycles. The highest BCUT2D eigenvalue weighted by atomic mass is 14.2. The lowest BCUT2D eigenvalue weighted by molar-refractivity contribution is 1.62. The molecule has 12 aromatic carbocycles. The topological polar surface area (TPSA) is 0 Å². The molecule has 0 bridgehead atoms. The van der Waals surface area contributed by atoms with Crippen LogP contribution in [0.1, 0.15) is 0 Å². The van der Waals surface area contributed by atoms with E-state index in [4.69, 9.17) is 0 Å². The van der Waals surface area contributed by atoms with Gasteiger partial charge in [0.2, 0.25) is 0 Å². The fourth-order valence-electron chi connectivity index (χ4n) is 9.55. The molecule has 0 heteroatoms.